The Kier molecular flexibility index (Phi) is 6.90. The molecule has 0 saturated carbocycles. The number of hydrogen-bond donors (Lipinski definition) is 1. The number of nitrogens with one attached hydrogen (secondary N) is 1. The molecule has 0 aliphatic carbocycles. The SMILES string of the molecule is CCOc1ccc2[nH]c(=O)c(C(c3nnnn3CCc3ccccc3)N3CCCC(C)C3)cc2c1. The fourth-order valence-corrected chi connectivity index (χ4v) is 5.07. The van der Waals surface area contributed by atoms with Crippen LogP contribution < -0.4 is 10.3 Å². The van der Waals surface area contributed by atoms with Gasteiger partial charge in [-0.1, -0.05) is 37.3 Å². The van der Waals surface area contributed by atoms with E-state index in [1.54, 1.807) is 0 Å². The Balaban J connectivity index is 1.56. The summed E-state index contributed by atoms with van der Waals surface area (Å²) in [7, 11) is 0. The van der Waals surface area contributed by atoms with Crippen molar-refractivity contribution in [3.05, 3.63) is 81.9 Å². The summed E-state index contributed by atoms with van der Waals surface area (Å²) in [5.74, 6) is 2.04. The monoisotopic (exact) mass is 472 g/mol. The molecular weight excluding hydrogens is 440 g/mol. The normalized spacial score (nSPS) is 17.5. The molecular formula is C27H32N6O2. The molecule has 1 aliphatic heterocycles. The first-order valence-corrected chi connectivity index (χ1v) is 12.5. The van der Waals surface area contributed by atoms with Gasteiger partial charge in [0.05, 0.1) is 6.61 Å². The van der Waals surface area contributed by atoms with Gasteiger partial charge in [0.2, 0.25) is 0 Å². The molecule has 4 aromatic rings. The molecule has 2 atom stereocenters. The molecule has 8 heteroatoms. The number of aromatic amines is 1. The third-order valence-electron chi connectivity index (χ3n) is 6.76. The van der Waals surface area contributed by atoms with Crippen LogP contribution in [0.25, 0.3) is 10.9 Å². The van der Waals surface area contributed by atoms with Crippen LogP contribution in [0.1, 0.15) is 49.7 Å². The van der Waals surface area contributed by atoms with Crippen LogP contribution in [0.15, 0.2) is 59.4 Å². The number of rotatable bonds is 8. The number of aromatic nitrogens is 5. The van der Waals surface area contributed by atoms with Crippen molar-refractivity contribution in [1.82, 2.24) is 30.1 Å². The molecule has 1 aliphatic rings. The van der Waals surface area contributed by atoms with Gasteiger partial charge in [0.15, 0.2) is 5.82 Å². The fraction of sp³-hybridized carbons (Fsp3) is 0.407. The van der Waals surface area contributed by atoms with E-state index in [1.807, 2.05) is 54.1 Å². The lowest BCUT2D eigenvalue weighted by molar-refractivity contribution is 0.141. The topological polar surface area (TPSA) is 88.9 Å². The van der Waals surface area contributed by atoms with Gasteiger partial charge < -0.3 is 9.72 Å². The lowest BCUT2D eigenvalue weighted by atomic mass is 9.95. The van der Waals surface area contributed by atoms with E-state index in [9.17, 15) is 4.79 Å². The number of nitrogens with zero attached hydrogens (tertiary/aromatic N) is 5. The van der Waals surface area contributed by atoms with Crippen LogP contribution in [0.3, 0.4) is 0 Å². The largest absolute Gasteiger partial charge is 0.494 e. The summed E-state index contributed by atoms with van der Waals surface area (Å²) < 4.78 is 7.56. The summed E-state index contributed by atoms with van der Waals surface area (Å²) in [6, 6.07) is 17.7. The zero-order chi connectivity index (χ0) is 24.2. The van der Waals surface area contributed by atoms with Crippen LogP contribution in [0.4, 0.5) is 0 Å². The second kappa shape index (κ2) is 10.4. The highest BCUT2D eigenvalue weighted by atomic mass is 16.5. The highest BCUT2D eigenvalue weighted by Gasteiger charge is 2.32. The minimum atomic E-state index is -0.326. The van der Waals surface area contributed by atoms with E-state index in [-0.39, 0.29) is 11.6 Å². The molecule has 1 N–H and O–H groups in total. The van der Waals surface area contributed by atoms with Crippen LogP contribution in [-0.2, 0) is 13.0 Å². The Labute approximate surface area is 204 Å². The number of likely N-dealkylation sites (tertiary alicyclic amines) is 1. The summed E-state index contributed by atoms with van der Waals surface area (Å²) in [5.41, 5.74) is 2.57. The average Bonchev–Trinajstić information content (AvgIpc) is 3.32. The second-order valence-electron chi connectivity index (χ2n) is 9.38. The highest BCUT2D eigenvalue weighted by Crippen LogP contribution is 2.31. The maximum absolute atomic E-state index is 13.4. The molecule has 0 radical (unpaired) electrons. The van der Waals surface area contributed by atoms with Crippen molar-refractivity contribution in [2.75, 3.05) is 19.7 Å². The molecule has 2 unspecified atom stereocenters. The molecule has 0 spiro atoms. The molecule has 35 heavy (non-hydrogen) atoms. The lowest BCUT2D eigenvalue weighted by Gasteiger charge is -2.36. The molecule has 5 rings (SSSR count). The number of tetrazole rings is 1. The Hall–Kier alpha value is -3.52. The number of benzene rings is 2. The Morgan fingerprint density at radius 2 is 2.03 bits per heavy atom. The van der Waals surface area contributed by atoms with Crippen LogP contribution >= 0.6 is 0 Å². The summed E-state index contributed by atoms with van der Waals surface area (Å²) >= 11 is 0. The summed E-state index contributed by atoms with van der Waals surface area (Å²) in [5, 5.41) is 13.7. The Morgan fingerprint density at radius 1 is 1.17 bits per heavy atom. The second-order valence-corrected chi connectivity index (χ2v) is 9.38. The van der Waals surface area contributed by atoms with Crippen molar-refractivity contribution in [2.24, 2.45) is 5.92 Å². The van der Waals surface area contributed by atoms with E-state index in [0.29, 0.717) is 30.5 Å². The first-order chi connectivity index (χ1) is 17.1. The predicted molar refractivity (Wildman–Crippen MR) is 136 cm³/mol. The number of ether oxygens (including phenoxy) is 1. The zero-order valence-corrected chi connectivity index (χ0v) is 20.4. The van der Waals surface area contributed by atoms with Gasteiger partial charge in [0.25, 0.3) is 5.56 Å². The van der Waals surface area contributed by atoms with Crippen molar-refractivity contribution in [3.63, 3.8) is 0 Å². The van der Waals surface area contributed by atoms with E-state index in [4.69, 9.17) is 4.74 Å². The van der Waals surface area contributed by atoms with E-state index in [2.05, 4.69) is 44.5 Å². The number of hydrogen-bond acceptors (Lipinski definition) is 6. The van der Waals surface area contributed by atoms with Gasteiger partial charge >= 0.3 is 0 Å². The van der Waals surface area contributed by atoms with Gasteiger partial charge in [-0.15, -0.1) is 5.10 Å². The van der Waals surface area contributed by atoms with E-state index < -0.39 is 0 Å². The molecule has 3 heterocycles. The summed E-state index contributed by atoms with van der Waals surface area (Å²) in [4.78, 5) is 18.8. The van der Waals surface area contributed by atoms with Crippen LogP contribution in [-0.4, -0.2) is 49.8 Å². The number of pyridine rings is 1. The minimum Gasteiger partial charge on any atom is -0.494 e. The molecule has 1 fully saturated rings. The Morgan fingerprint density at radius 3 is 2.83 bits per heavy atom. The molecule has 182 valence electrons. The molecule has 2 aromatic carbocycles. The van der Waals surface area contributed by atoms with Crippen LogP contribution in [0.2, 0.25) is 0 Å². The quantitative estimate of drug-likeness (QED) is 0.417. The maximum Gasteiger partial charge on any atom is 0.253 e. The average molecular weight is 473 g/mol. The molecule has 1 saturated heterocycles. The summed E-state index contributed by atoms with van der Waals surface area (Å²) in [6.45, 7) is 7.26. The van der Waals surface area contributed by atoms with Gasteiger partial charge in [-0.05, 0) is 78.9 Å². The molecule has 0 bridgehead atoms. The standard InChI is InChI=1S/C27H32N6O2/c1-3-35-22-11-12-24-21(16-22)17-23(27(34)28-24)25(32-14-7-8-19(2)18-32)26-29-30-31-33(26)15-13-20-9-5-4-6-10-20/h4-6,9-12,16-17,19,25H,3,7-8,13-15,18H2,1-2H3,(H,28,34). The highest BCUT2D eigenvalue weighted by molar-refractivity contribution is 5.80. The van der Waals surface area contributed by atoms with Crippen molar-refractivity contribution in [3.8, 4) is 5.75 Å². The van der Waals surface area contributed by atoms with Crippen LogP contribution in [0, 0.1) is 5.92 Å². The van der Waals surface area contributed by atoms with E-state index in [0.717, 1.165) is 42.6 Å². The third-order valence-corrected chi connectivity index (χ3v) is 6.76. The van der Waals surface area contributed by atoms with Crippen molar-refractivity contribution in [1.29, 1.82) is 0 Å². The predicted octanol–water partition coefficient (Wildman–Crippen LogP) is 3.98. The maximum atomic E-state index is 13.4. The number of H-pyrrole nitrogens is 1. The van der Waals surface area contributed by atoms with Gasteiger partial charge in [0, 0.05) is 29.6 Å². The van der Waals surface area contributed by atoms with Crippen LogP contribution in [0.5, 0.6) is 5.75 Å². The third kappa shape index (κ3) is 5.12. The van der Waals surface area contributed by atoms with Gasteiger partial charge in [-0.2, -0.15) is 0 Å². The van der Waals surface area contributed by atoms with Crippen molar-refractivity contribution >= 4 is 10.9 Å². The molecule has 0 amide bonds. The van der Waals surface area contributed by atoms with Crippen molar-refractivity contribution in [2.45, 2.75) is 45.7 Å². The number of aryl methyl sites for hydroxylation is 2. The number of fused-ring (bicyclic) bond motifs is 1. The van der Waals surface area contributed by atoms with E-state index >= 15 is 0 Å². The van der Waals surface area contributed by atoms with E-state index in [1.165, 1.54) is 12.0 Å². The Bertz CT molecular complexity index is 1330. The zero-order valence-electron chi connectivity index (χ0n) is 20.4. The summed E-state index contributed by atoms with van der Waals surface area (Å²) in [6.07, 6.45) is 3.09. The van der Waals surface area contributed by atoms with Gasteiger partial charge in [-0.25, -0.2) is 4.68 Å². The lowest BCUT2D eigenvalue weighted by Crippen LogP contribution is -2.41. The minimum absolute atomic E-state index is 0.109. The smallest absolute Gasteiger partial charge is 0.253 e. The number of piperidine rings is 1. The first kappa shape index (κ1) is 23.2. The molecule has 2 aromatic heterocycles. The van der Waals surface area contributed by atoms with Gasteiger partial charge in [-0.3, -0.25) is 9.69 Å². The fourth-order valence-electron chi connectivity index (χ4n) is 5.07. The molecule has 8 nitrogen and oxygen atoms in total. The first-order valence-electron chi connectivity index (χ1n) is 12.5. The van der Waals surface area contributed by atoms with Crippen molar-refractivity contribution < 1.29 is 4.74 Å². The van der Waals surface area contributed by atoms with Gasteiger partial charge in [0.1, 0.15) is 11.8 Å².